The Bertz CT molecular complexity index is 573. The third-order valence-corrected chi connectivity index (χ3v) is 2.34. The fourth-order valence-electron chi connectivity index (χ4n) is 1.34. The topological polar surface area (TPSA) is 74.7 Å². The largest absolute Gasteiger partial charge is 0.424 e. The zero-order valence-corrected chi connectivity index (χ0v) is 9.82. The number of nitriles is 1. The predicted molar refractivity (Wildman–Crippen MR) is 62.5 cm³/mol. The Morgan fingerprint density at radius 3 is 2.94 bits per heavy atom. The maximum absolute atomic E-state index is 8.93. The third-order valence-electron chi connectivity index (χ3n) is 2.10. The lowest BCUT2D eigenvalue weighted by Gasteiger charge is -2.05. The maximum atomic E-state index is 8.93. The van der Waals surface area contributed by atoms with Gasteiger partial charge in [0.1, 0.15) is 6.07 Å². The van der Waals surface area contributed by atoms with E-state index in [1.165, 1.54) is 0 Å². The van der Waals surface area contributed by atoms with E-state index in [4.69, 9.17) is 21.3 Å². The van der Waals surface area contributed by atoms with E-state index < -0.39 is 0 Å². The second-order valence-corrected chi connectivity index (χ2v) is 3.81. The molecule has 0 unspecified atom stereocenters. The quantitative estimate of drug-likeness (QED) is 0.903. The Hall–Kier alpha value is -2.06. The molecule has 0 aliphatic rings. The summed E-state index contributed by atoms with van der Waals surface area (Å²) in [4.78, 5) is 0. The van der Waals surface area contributed by atoms with Crippen molar-refractivity contribution in [2.75, 3.05) is 5.32 Å². The molecule has 1 N–H and O–H groups in total. The molecule has 0 aliphatic carbocycles. The molecule has 0 saturated carbocycles. The molecule has 0 spiro atoms. The first kappa shape index (κ1) is 11.4. The van der Waals surface area contributed by atoms with Crippen LogP contribution in [0.1, 0.15) is 17.3 Å². The molecule has 1 heterocycles. The molecule has 17 heavy (non-hydrogen) atoms. The summed E-state index contributed by atoms with van der Waals surface area (Å²) >= 11 is 5.86. The Balaban J connectivity index is 2.13. The van der Waals surface area contributed by atoms with Gasteiger partial charge in [0.25, 0.3) is 0 Å². The molecule has 0 amide bonds. The minimum atomic E-state index is 0.357. The van der Waals surface area contributed by atoms with Gasteiger partial charge in [0.05, 0.1) is 17.8 Å². The van der Waals surface area contributed by atoms with Gasteiger partial charge in [-0.05, 0) is 18.2 Å². The van der Waals surface area contributed by atoms with E-state index in [1.807, 2.05) is 0 Å². The minimum absolute atomic E-state index is 0.357. The monoisotopic (exact) mass is 248 g/mol. The minimum Gasteiger partial charge on any atom is -0.424 e. The van der Waals surface area contributed by atoms with Crippen LogP contribution in [0.15, 0.2) is 22.6 Å². The highest BCUT2D eigenvalue weighted by Crippen LogP contribution is 2.20. The van der Waals surface area contributed by atoms with Gasteiger partial charge >= 0.3 is 0 Å². The number of rotatable bonds is 3. The van der Waals surface area contributed by atoms with Crippen molar-refractivity contribution in [1.29, 1.82) is 5.26 Å². The van der Waals surface area contributed by atoms with Crippen LogP contribution in [-0.4, -0.2) is 10.2 Å². The number of nitrogens with one attached hydrogen (secondary N) is 1. The normalized spacial score (nSPS) is 9.94. The molecule has 0 fully saturated rings. The van der Waals surface area contributed by atoms with E-state index in [2.05, 4.69) is 21.6 Å². The molecule has 0 bridgehead atoms. The van der Waals surface area contributed by atoms with Crippen LogP contribution in [0.4, 0.5) is 5.69 Å². The summed E-state index contributed by atoms with van der Waals surface area (Å²) in [6.07, 6.45) is 0. The molecular formula is C11H9ClN4O. The van der Waals surface area contributed by atoms with Gasteiger partial charge in [-0.15, -0.1) is 10.2 Å². The van der Waals surface area contributed by atoms with Gasteiger partial charge in [-0.1, -0.05) is 11.6 Å². The molecule has 5 nitrogen and oxygen atoms in total. The predicted octanol–water partition coefficient (Wildman–Crippen LogP) is 2.52. The first-order chi connectivity index (χ1) is 8.19. The summed E-state index contributed by atoms with van der Waals surface area (Å²) in [5.74, 6) is 0.972. The second kappa shape index (κ2) is 4.85. The SMILES string of the molecule is Cc1nnc(CNc2cc(Cl)ccc2C#N)o1. The summed E-state index contributed by atoms with van der Waals surface area (Å²) < 4.78 is 5.21. The zero-order valence-electron chi connectivity index (χ0n) is 9.07. The van der Waals surface area contributed by atoms with Gasteiger partial charge in [-0.2, -0.15) is 5.26 Å². The Kier molecular flexibility index (Phi) is 3.26. The summed E-state index contributed by atoms with van der Waals surface area (Å²) in [7, 11) is 0. The van der Waals surface area contributed by atoms with Crippen molar-refractivity contribution >= 4 is 17.3 Å². The molecule has 1 aromatic carbocycles. The molecule has 2 rings (SSSR count). The van der Waals surface area contributed by atoms with Gasteiger partial charge in [-0.25, -0.2) is 0 Å². The van der Waals surface area contributed by atoms with Crippen LogP contribution in [0.5, 0.6) is 0 Å². The number of nitrogens with zero attached hydrogens (tertiary/aromatic N) is 3. The average Bonchev–Trinajstić information content (AvgIpc) is 2.73. The molecule has 0 aliphatic heterocycles. The molecule has 2 aromatic rings. The number of anilines is 1. The Morgan fingerprint density at radius 1 is 1.47 bits per heavy atom. The van der Waals surface area contributed by atoms with Gasteiger partial charge in [-0.3, -0.25) is 0 Å². The van der Waals surface area contributed by atoms with Crippen molar-refractivity contribution in [3.05, 3.63) is 40.6 Å². The van der Waals surface area contributed by atoms with Crippen molar-refractivity contribution in [3.8, 4) is 6.07 Å². The average molecular weight is 249 g/mol. The van der Waals surface area contributed by atoms with Crippen LogP contribution in [0.25, 0.3) is 0 Å². The van der Waals surface area contributed by atoms with Crippen molar-refractivity contribution in [2.45, 2.75) is 13.5 Å². The first-order valence-electron chi connectivity index (χ1n) is 4.91. The van der Waals surface area contributed by atoms with Crippen LogP contribution >= 0.6 is 11.6 Å². The summed E-state index contributed by atoms with van der Waals surface area (Å²) in [6.45, 7) is 2.08. The van der Waals surface area contributed by atoms with Crippen molar-refractivity contribution < 1.29 is 4.42 Å². The first-order valence-corrected chi connectivity index (χ1v) is 5.29. The summed E-state index contributed by atoms with van der Waals surface area (Å²) in [5, 5.41) is 20.1. The van der Waals surface area contributed by atoms with Crippen LogP contribution < -0.4 is 5.32 Å². The smallest absolute Gasteiger partial charge is 0.235 e. The number of aromatic nitrogens is 2. The van der Waals surface area contributed by atoms with Crippen molar-refractivity contribution in [3.63, 3.8) is 0 Å². The van der Waals surface area contributed by atoms with Gasteiger partial charge < -0.3 is 9.73 Å². The molecule has 0 saturated heterocycles. The number of hydrogen-bond donors (Lipinski definition) is 1. The highest BCUT2D eigenvalue weighted by molar-refractivity contribution is 6.30. The van der Waals surface area contributed by atoms with Crippen molar-refractivity contribution in [1.82, 2.24) is 10.2 Å². The Labute approximate surface area is 103 Å². The fraction of sp³-hybridized carbons (Fsp3) is 0.182. The van der Waals surface area contributed by atoms with Crippen LogP contribution in [0, 0.1) is 18.3 Å². The van der Waals surface area contributed by atoms with E-state index in [-0.39, 0.29) is 0 Å². The number of hydrogen-bond acceptors (Lipinski definition) is 5. The molecule has 0 atom stereocenters. The maximum Gasteiger partial charge on any atom is 0.235 e. The summed E-state index contributed by atoms with van der Waals surface area (Å²) in [6, 6.07) is 7.09. The van der Waals surface area contributed by atoms with Gasteiger partial charge in [0.2, 0.25) is 11.8 Å². The van der Waals surface area contributed by atoms with Gasteiger partial charge in [0, 0.05) is 11.9 Å². The fourth-order valence-corrected chi connectivity index (χ4v) is 1.51. The van der Waals surface area contributed by atoms with Crippen molar-refractivity contribution in [2.24, 2.45) is 0 Å². The lowest BCUT2D eigenvalue weighted by atomic mass is 10.2. The lowest BCUT2D eigenvalue weighted by Crippen LogP contribution is -2.01. The standard InChI is InChI=1S/C11H9ClN4O/c1-7-15-16-11(17-7)6-14-10-4-9(12)3-2-8(10)5-13/h2-4,14H,6H2,1H3. The van der Waals surface area contributed by atoms with E-state index in [1.54, 1.807) is 25.1 Å². The van der Waals surface area contributed by atoms with Crippen LogP contribution in [-0.2, 0) is 6.54 Å². The molecule has 0 radical (unpaired) electrons. The van der Waals surface area contributed by atoms with Crippen LogP contribution in [0.3, 0.4) is 0 Å². The molecule has 1 aromatic heterocycles. The molecule has 6 heteroatoms. The number of benzene rings is 1. The van der Waals surface area contributed by atoms with E-state index in [0.717, 1.165) is 0 Å². The number of aryl methyl sites for hydroxylation is 1. The summed E-state index contributed by atoms with van der Waals surface area (Å²) in [5.41, 5.74) is 1.17. The van der Waals surface area contributed by atoms with Crippen LogP contribution in [0.2, 0.25) is 5.02 Å². The number of halogens is 1. The Morgan fingerprint density at radius 2 is 2.29 bits per heavy atom. The second-order valence-electron chi connectivity index (χ2n) is 3.37. The zero-order chi connectivity index (χ0) is 12.3. The van der Waals surface area contributed by atoms with Gasteiger partial charge in [0.15, 0.2) is 0 Å². The molecule has 86 valence electrons. The highest BCUT2D eigenvalue weighted by Gasteiger charge is 2.05. The lowest BCUT2D eigenvalue weighted by molar-refractivity contribution is 0.475. The van der Waals surface area contributed by atoms with E-state index in [0.29, 0.717) is 34.6 Å². The van der Waals surface area contributed by atoms with E-state index in [9.17, 15) is 0 Å². The molecular weight excluding hydrogens is 240 g/mol. The van der Waals surface area contributed by atoms with E-state index >= 15 is 0 Å². The highest BCUT2D eigenvalue weighted by atomic mass is 35.5. The third kappa shape index (κ3) is 2.74.